The summed E-state index contributed by atoms with van der Waals surface area (Å²) < 4.78 is 0. The topological polar surface area (TPSA) is 18.5 Å². The molecule has 1 heterocycles. The first-order valence-electron chi connectivity index (χ1n) is 7.87. The molecule has 1 fully saturated rings. The summed E-state index contributed by atoms with van der Waals surface area (Å²) in [5, 5.41) is 3.51. The van der Waals surface area contributed by atoms with Crippen molar-refractivity contribution >= 4 is 0 Å². The molecule has 3 nitrogen and oxygen atoms in total. The van der Waals surface area contributed by atoms with E-state index in [0.717, 1.165) is 19.1 Å². The minimum Gasteiger partial charge on any atom is -0.315 e. The van der Waals surface area contributed by atoms with Gasteiger partial charge in [-0.2, -0.15) is 0 Å². The van der Waals surface area contributed by atoms with Crippen LogP contribution in [0.15, 0.2) is 0 Å². The van der Waals surface area contributed by atoms with Crippen molar-refractivity contribution in [2.24, 2.45) is 0 Å². The summed E-state index contributed by atoms with van der Waals surface area (Å²) in [7, 11) is 2.31. The number of nitrogens with one attached hydrogen (secondary N) is 1. The molecule has 0 amide bonds. The quantitative estimate of drug-likeness (QED) is 0.681. The molecule has 0 saturated carbocycles. The molecule has 2 atom stereocenters. The molecule has 2 unspecified atom stereocenters. The molecule has 1 aliphatic rings. The molecular weight excluding hydrogens is 222 g/mol. The van der Waals surface area contributed by atoms with E-state index < -0.39 is 0 Å². The molecule has 18 heavy (non-hydrogen) atoms. The lowest BCUT2D eigenvalue weighted by atomic mass is 10.1. The van der Waals surface area contributed by atoms with E-state index in [-0.39, 0.29) is 0 Å². The van der Waals surface area contributed by atoms with E-state index in [1.165, 1.54) is 45.3 Å². The highest BCUT2D eigenvalue weighted by Crippen LogP contribution is 2.18. The molecule has 0 bridgehead atoms. The Morgan fingerprint density at radius 3 is 2.72 bits per heavy atom. The Morgan fingerprint density at radius 1 is 1.33 bits per heavy atom. The standard InChI is InChI=1S/C15H33N3/c1-5-9-14(12-16-6-2)17(4)13-15-10-8-11-18(15)7-3/h14-16H,5-13H2,1-4H3. The van der Waals surface area contributed by atoms with Crippen molar-refractivity contribution in [3.05, 3.63) is 0 Å². The monoisotopic (exact) mass is 255 g/mol. The Labute approximate surface area is 114 Å². The van der Waals surface area contributed by atoms with Crippen molar-refractivity contribution in [3.8, 4) is 0 Å². The highest BCUT2D eigenvalue weighted by molar-refractivity contribution is 4.83. The van der Waals surface area contributed by atoms with Crippen molar-refractivity contribution in [2.75, 3.05) is 39.8 Å². The maximum Gasteiger partial charge on any atom is 0.0223 e. The van der Waals surface area contributed by atoms with Gasteiger partial charge in [0.15, 0.2) is 0 Å². The summed E-state index contributed by atoms with van der Waals surface area (Å²) in [6.07, 6.45) is 5.36. The Kier molecular flexibility index (Phi) is 7.87. The van der Waals surface area contributed by atoms with Crippen molar-refractivity contribution < 1.29 is 0 Å². The molecule has 1 saturated heterocycles. The second-order valence-corrected chi connectivity index (χ2v) is 5.61. The third-order valence-corrected chi connectivity index (χ3v) is 4.28. The molecule has 0 spiro atoms. The maximum absolute atomic E-state index is 3.51. The zero-order valence-corrected chi connectivity index (χ0v) is 12.9. The van der Waals surface area contributed by atoms with E-state index >= 15 is 0 Å². The van der Waals surface area contributed by atoms with Crippen molar-refractivity contribution in [2.45, 2.75) is 58.5 Å². The number of hydrogen-bond donors (Lipinski definition) is 1. The first-order valence-corrected chi connectivity index (χ1v) is 7.87. The predicted molar refractivity (Wildman–Crippen MR) is 80.1 cm³/mol. The fourth-order valence-corrected chi connectivity index (χ4v) is 3.12. The lowest BCUT2D eigenvalue weighted by molar-refractivity contribution is 0.155. The van der Waals surface area contributed by atoms with E-state index in [1.54, 1.807) is 0 Å². The first kappa shape index (κ1) is 15.9. The Bertz CT molecular complexity index is 208. The van der Waals surface area contributed by atoms with Gasteiger partial charge in [0.1, 0.15) is 0 Å². The largest absolute Gasteiger partial charge is 0.315 e. The Hall–Kier alpha value is -0.120. The maximum atomic E-state index is 3.51. The van der Waals surface area contributed by atoms with Crippen LogP contribution < -0.4 is 5.32 Å². The molecule has 0 aliphatic carbocycles. The molecule has 1 aliphatic heterocycles. The number of rotatable bonds is 9. The predicted octanol–water partition coefficient (Wildman–Crippen LogP) is 2.18. The van der Waals surface area contributed by atoms with Gasteiger partial charge in [-0.3, -0.25) is 4.90 Å². The van der Waals surface area contributed by atoms with E-state index in [9.17, 15) is 0 Å². The van der Waals surface area contributed by atoms with Gasteiger partial charge in [-0.15, -0.1) is 0 Å². The molecule has 0 aromatic heterocycles. The molecule has 1 rings (SSSR count). The smallest absolute Gasteiger partial charge is 0.0223 e. The van der Waals surface area contributed by atoms with Crippen LogP contribution in [0.3, 0.4) is 0 Å². The summed E-state index contributed by atoms with van der Waals surface area (Å²) >= 11 is 0. The third-order valence-electron chi connectivity index (χ3n) is 4.28. The zero-order chi connectivity index (χ0) is 13.4. The summed E-state index contributed by atoms with van der Waals surface area (Å²) in [4.78, 5) is 5.23. The van der Waals surface area contributed by atoms with Crippen LogP contribution in [0.1, 0.15) is 46.5 Å². The summed E-state index contributed by atoms with van der Waals surface area (Å²) in [5.74, 6) is 0. The van der Waals surface area contributed by atoms with Gasteiger partial charge in [0.05, 0.1) is 0 Å². The van der Waals surface area contributed by atoms with Crippen LogP contribution in [0.2, 0.25) is 0 Å². The average molecular weight is 255 g/mol. The number of hydrogen-bond acceptors (Lipinski definition) is 3. The lowest BCUT2D eigenvalue weighted by Gasteiger charge is -2.33. The van der Waals surface area contributed by atoms with Crippen molar-refractivity contribution in [3.63, 3.8) is 0 Å². The average Bonchev–Trinajstić information content (AvgIpc) is 2.81. The number of likely N-dealkylation sites (N-methyl/N-ethyl adjacent to an activating group) is 3. The molecule has 0 aromatic rings. The fourth-order valence-electron chi connectivity index (χ4n) is 3.12. The van der Waals surface area contributed by atoms with Crippen LogP contribution in [-0.4, -0.2) is 61.7 Å². The molecule has 3 heteroatoms. The Balaban J connectivity index is 2.41. The summed E-state index contributed by atoms with van der Waals surface area (Å²) in [6, 6.07) is 1.50. The minimum atomic E-state index is 0.703. The van der Waals surface area contributed by atoms with Crippen LogP contribution in [-0.2, 0) is 0 Å². The highest BCUT2D eigenvalue weighted by atomic mass is 15.2. The van der Waals surface area contributed by atoms with Crippen LogP contribution in [0.4, 0.5) is 0 Å². The van der Waals surface area contributed by atoms with Gasteiger partial charge in [-0.1, -0.05) is 27.2 Å². The molecule has 108 valence electrons. The molecule has 1 N–H and O–H groups in total. The first-order chi connectivity index (χ1) is 8.72. The SMILES string of the molecule is CCCC(CNCC)N(C)CC1CCCN1CC. The van der Waals surface area contributed by atoms with E-state index in [4.69, 9.17) is 0 Å². The summed E-state index contributed by atoms with van der Waals surface area (Å²) in [6.45, 7) is 12.8. The van der Waals surface area contributed by atoms with E-state index in [0.29, 0.717) is 6.04 Å². The third kappa shape index (κ3) is 4.87. The second kappa shape index (κ2) is 8.89. The minimum absolute atomic E-state index is 0.703. The van der Waals surface area contributed by atoms with Gasteiger partial charge in [0.2, 0.25) is 0 Å². The van der Waals surface area contributed by atoms with Gasteiger partial charge in [-0.25, -0.2) is 0 Å². The van der Waals surface area contributed by atoms with Crippen molar-refractivity contribution in [1.82, 2.24) is 15.1 Å². The molecular formula is C15H33N3. The van der Waals surface area contributed by atoms with Crippen molar-refractivity contribution in [1.29, 1.82) is 0 Å². The fraction of sp³-hybridized carbons (Fsp3) is 1.00. The van der Waals surface area contributed by atoms with Gasteiger partial charge in [-0.05, 0) is 45.9 Å². The van der Waals surface area contributed by atoms with Crippen LogP contribution in [0.25, 0.3) is 0 Å². The summed E-state index contributed by atoms with van der Waals surface area (Å²) in [5.41, 5.74) is 0. The van der Waals surface area contributed by atoms with Gasteiger partial charge >= 0.3 is 0 Å². The van der Waals surface area contributed by atoms with E-state index in [2.05, 4.69) is 42.9 Å². The molecule has 0 aromatic carbocycles. The van der Waals surface area contributed by atoms with Gasteiger partial charge in [0.25, 0.3) is 0 Å². The van der Waals surface area contributed by atoms with E-state index in [1.807, 2.05) is 0 Å². The second-order valence-electron chi connectivity index (χ2n) is 5.61. The van der Waals surface area contributed by atoms with Gasteiger partial charge < -0.3 is 10.2 Å². The highest BCUT2D eigenvalue weighted by Gasteiger charge is 2.25. The molecule has 0 radical (unpaired) electrons. The lowest BCUT2D eigenvalue weighted by Crippen LogP contribution is -2.46. The normalized spacial score (nSPS) is 22.8. The number of likely N-dealkylation sites (tertiary alicyclic amines) is 1. The number of nitrogens with zero attached hydrogens (tertiary/aromatic N) is 2. The zero-order valence-electron chi connectivity index (χ0n) is 12.9. The van der Waals surface area contributed by atoms with Gasteiger partial charge in [0, 0.05) is 25.2 Å². The van der Waals surface area contributed by atoms with Crippen LogP contribution >= 0.6 is 0 Å². The van der Waals surface area contributed by atoms with Crippen LogP contribution in [0, 0.1) is 0 Å². The van der Waals surface area contributed by atoms with Crippen LogP contribution in [0.5, 0.6) is 0 Å². The Morgan fingerprint density at radius 2 is 2.11 bits per heavy atom.